The number of aliphatic hydroxyl groups excluding tert-OH is 2. The van der Waals surface area contributed by atoms with Gasteiger partial charge in [0.15, 0.2) is 0 Å². The molecule has 9 heteroatoms. The number of carbonyl (C=O) groups excluding carboxylic acids is 2. The van der Waals surface area contributed by atoms with Crippen molar-refractivity contribution in [2.75, 3.05) is 26.3 Å². The Balaban J connectivity index is 2.31. The van der Waals surface area contributed by atoms with E-state index in [0.717, 1.165) is 43.9 Å². The van der Waals surface area contributed by atoms with Gasteiger partial charge in [0.2, 0.25) is 0 Å². The van der Waals surface area contributed by atoms with Gasteiger partial charge in [-0.05, 0) is 74.1 Å². The van der Waals surface area contributed by atoms with Gasteiger partial charge in [-0.3, -0.25) is 9.59 Å². The molecule has 0 aliphatic carbocycles. The van der Waals surface area contributed by atoms with Crippen LogP contribution in [0.4, 0.5) is 8.78 Å². The topological polar surface area (TPSA) is 99.1 Å². The maximum Gasteiger partial charge on any atom is 0.253 e. The number of carbonyl (C=O) groups is 2. The van der Waals surface area contributed by atoms with Gasteiger partial charge < -0.3 is 25.2 Å². The third kappa shape index (κ3) is 10.3. The molecule has 2 aromatic rings. The van der Waals surface area contributed by atoms with Crippen molar-refractivity contribution in [1.29, 1.82) is 0 Å². The van der Waals surface area contributed by atoms with Crippen LogP contribution in [0.2, 0.25) is 0 Å². The van der Waals surface area contributed by atoms with Crippen molar-refractivity contribution in [1.82, 2.24) is 10.2 Å². The van der Waals surface area contributed by atoms with Gasteiger partial charge in [-0.1, -0.05) is 27.2 Å². The van der Waals surface area contributed by atoms with Crippen molar-refractivity contribution in [3.05, 3.63) is 70.3 Å². The highest BCUT2D eigenvalue weighted by Gasteiger charge is 2.29. The minimum atomic E-state index is -1.49. The summed E-state index contributed by atoms with van der Waals surface area (Å²) < 4.78 is 33.1. The number of amides is 2. The fraction of sp³-hybridized carbons (Fsp3) is 0.533. The quantitative estimate of drug-likeness (QED) is 0.270. The Morgan fingerprint density at radius 1 is 0.923 bits per heavy atom. The molecule has 2 rings (SSSR count). The molecule has 2 aromatic carbocycles. The number of benzene rings is 2. The van der Waals surface area contributed by atoms with Crippen LogP contribution in [0.25, 0.3) is 0 Å². The van der Waals surface area contributed by atoms with E-state index in [0.29, 0.717) is 30.8 Å². The number of hydrogen-bond donors (Lipinski definition) is 3. The van der Waals surface area contributed by atoms with Crippen LogP contribution >= 0.6 is 0 Å². The van der Waals surface area contributed by atoms with E-state index in [-0.39, 0.29) is 30.1 Å². The Hall–Kier alpha value is -2.88. The fourth-order valence-corrected chi connectivity index (χ4v) is 4.38. The molecule has 2 amide bonds. The first-order chi connectivity index (χ1) is 18.6. The molecular formula is C30H42F2N2O5. The third-order valence-corrected chi connectivity index (χ3v) is 6.29. The normalized spacial score (nSPS) is 13.5. The Bertz CT molecular complexity index is 1060. The Morgan fingerprint density at radius 2 is 1.54 bits per heavy atom. The molecule has 0 unspecified atom stereocenters. The summed E-state index contributed by atoms with van der Waals surface area (Å²) in [4.78, 5) is 28.3. The molecular weight excluding hydrogens is 506 g/mol. The van der Waals surface area contributed by atoms with Crippen LogP contribution in [-0.4, -0.2) is 71.5 Å². The van der Waals surface area contributed by atoms with Crippen molar-refractivity contribution in [2.45, 2.75) is 78.0 Å². The lowest BCUT2D eigenvalue weighted by Gasteiger charge is -2.28. The minimum absolute atomic E-state index is 0.147. The van der Waals surface area contributed by atoms with Crippen molar-refractivity contribution in [2.24, 2.45) is 0 Å². The van der Waals surface area contributed by atoms with Crippen LogP contribution in [0.3, 0.4) is 0 Å². The zero-order valence-electron chi connectivity index (χ0n) is 23.4. The molecule has 3 atom stereocenters. The summed E-state index contributed by atoms with van der Waals surface area (Å²) >= 11 is 0. The van der Waals surface area contributed by atoms with Crippen molar-refractivity contribution in [3.63, 3.8) is 0 Å². The molecule has 0 radical (unpaired) electrons. The number of nitrogens with zero attached hydrogens (tertiary/aromatic N) is 1. The van der Waals surface area contributed by atoms with Gasteiger partial charge in [-0.2, -0.15) is 0 Å². The number of ether oxygens (including phenoxy) is 1. The average Bonchev–Trinajstić information content (AvgIpc) is 2.88. The van der Waals surface area contributed by atoms with Gasteiger partial charge in [0.05, 0.1) is 12.6 Å². The lowest BCUT2D eigenvalue weighted by molar-refractivity contribution is -0.0510. The maximum absolute atomic E-state index is 13.8. The SMILES string of the molecule is CCCCOC[C@H](O)[C@H](O)[C@H](Cc1cc(F)cc(F)c1)NC(=O)c1cc(C)cc(C(=O)N(CCC)CCC)c1. The summed E-state index contributed by atoms with van der Waals surface area (Å²) in [5.74, 6) is -2.36. The zero-order chi connectivity index (χ0) is 28.9. The second-order valence-electron chi connectivity index (χ2n) is 9.93. The van der Waals surface area contributed by atoms with Crippen LogP contribution in [0.15, 0.2) is 36.4 Å². The Morgan fingerprint density at radius 3 is 2.13 bits per heavy atom. The average molecular weight is 549 g/mol. The summed E-state index contributed by atoms with van der Waals surface area (Å²) in [6.45, 7) is 9.18. The van der Waals surface area contributed by atoms with Gasteiger partial charge in [0.1, 0.15) is 23.8 Å². The number of nitrogens with one attached hydrogen (secondary N) is 1. The molecule has 39 heavy (non-hydrogen) atoms. The van der Waals surface area contributed by atoms with Gasteiger partial charge in [0, 0.05) is 36.9 Å². The second-order valence-corrected chi connectivity index (χ2v) is 9.93. The van der Waals surface area contributed by atoms with Crippen LogP contribution in [0, 0.1) is 18.6 Å². The molecule has 0 aliphatic heterocycles. The molecule has 216 valence electrons. The number of rotatable bonds is 16. The summed E-state index contributed by atoms with van der Waals surface area (Å²) in [6.07, 6.45) is 0.303. The molecule has 0 saturated heterocycles. The number of unbranched alkanes of at least 4 members (excludes halogenated alkanes) is 1. The van der Waals surface area contributed by atoms with Crippen LogP contribution in [0.1, 0.15) is 78.3 Å². The molecule has 0 aromatic heterocycles. The molecule has 0 bridgehead atoms. The van der Waals surface area contributed by atoms with Crippen LogP contribution < -0.4 is 5.32 Å². The molecule has 0 spiro atoms. The van der Waals surface area contributed by atoms with Crippen molar-refractivity contribution in [3.8, 4) is 0 Å². The third-order valence-electron chi connectivity index (χ3n) is 6.29. The number of aliphatic hydroxyl groups is 2. The van der Waals surface area contributed by atoms with E-state index >= 15 is 0 Å². The van der Waals surface area contributed by atoms with E-state index in [9.17, 15) is 28.6 Å². The second kappa shape index (κ2) is 16.3. The van der Waals surface area contributed by atoms with Gasteiger partial charge in [-0.25, -0.2) is 8.78 Å². The van der Waals surface area contributed by atoms with Crippen molar-refractivity contribution < 1.29 is 33.3 Å². The lowest BCUT2D eigenvalue weighted by atomic mass is 9.96. The largest absolute Gasteiger partial charge is 0.388 e. The summed E-state index contributed by atoms with van der Waals surface area (Å²) in [7, 11) is 0. The summed E-state index contributed by atoms with van der Waals surface area (Å²) in [5, 5.41) is 24.2. The van der Waals surface area contributed by atoms with Crippen LogP contribution in [0.5, 0.6) is 0 Å². The van der Waals surface area contributed by atoms with E-state index in [1.54, 1.807) is 24.0 Å². The van der Waals surface area contributed by atoms with E-state index in [4.69, 9.17) is 4.74 Å². The van der Waals surface area contributed by atoms with Crippen molar-refractivity contribution >= 4 is 11.8 Å². The molecule has 0 saturated carbocycles. The Kier molecular flexibility index (Phi) is 13.5. The summed E-state index contributed by atoms with van der Waals surface area (Å²) in [5.41, 5.74) is 1.47. The standard InChI is InChI=1S/C30H42F2N2O5/c1-5-8-11-39-19-27(35)28(36)26(16-21-14-24(31)18-25(32)15-21)33-29(37)22-12-20(4)13-23(17-22)30(38)34(9-6-2)10-7-3/h12-15,17-18,26-28,35-36H,5-11,16,19H2,1-4H3,(H,33,37)/t26-,27-,28+/m0/s1. The van der Waals surface area contributed by atoms with E-state index in [2.05, 4.69) is 5.32 Å². The zero-order valence-corrected chi connectivity index (χ0v) is 23.4. The van der Waals surface area contributed by atoms with E-state index < -0.39 is 35.8 Å². The van der Waals surface area contributed by atoms with Gasteiger partial charge in [-0.15, -0.1) is 0 Å². The number of hydrogen-bond acceptors (Lipinski definition) is 5. The predicted octanol–water partition coefficient (Wildman–Crippen LogP) is 4.42. The first kappa shape index (κ1) is 32.3. The molecule has 0 aliphatic rings. The first-order valence-electron chi connectivity index (χ1n) is 13.7. The highest BCUT2D eigenvalue weighted by atomic mass is 19.1. The van der Waals surface area contributed by atoms with Crippen LogP contribution in [-0.2, 0) is 11.2 Å². The lowest BCUT2D eigenvalue weighted by Crippen LogP contribution is -2.51. The first-order valence-corrected chi connectivity index (χ1v) is 13.7. The summed E-state index contributed by atoms with van der Waals surface area (Å²) in [6, 6.07) is 6.69. The Labute approximate surface area is 230 Å². The minimum Gasteiger partial charge on any atom is -0.388 e. The highest BCUT2D eigenvalue weighted by molar-refractivity contribution is 6.00. The number of halogens is 2. The molecule has 0 heterocycles. The fourth-order valence-electron chi connectivity index (χ4n) is 4.38. The van der Waals surface area contributed by atoms with Gasteiger partial charge >= 0.3 is 0 Å². The molecule has 0 fully saturated rings. The smallest absolute Gasteiger partial charge is 0.253 e. The molecule has 3 N–H and O–H groups in total. The van der Waals surface area contributed by atoms with Gasteiger partial charge in [0.25, 0.3) is 11.8 Å². The number of aryl methyl sites for hydroxylation is 1. The van der Waals surface area contributed by atoms with E-state index in [1.165, 1.54) is 6.07 Å². The van der Waals surface area contributed by atoms with E-state index in [1.807, 2.05) is 20.8 Å². The monoisotopic (exact) mass is 548 g/mol. The molecule has 7 nitrogen and oxygen atoms in total. The predicted molar refractivity (Wildman–Crippen MR) is 147 cm³/mol. The highest BCUT2D eigenvalue weighted by Crippen LogP contribution is 2.17. The maximum atomic E-state index is 13.8.